The van der Waals surface area contributed by atoms with Crippen molar-refractivity contribution in [3.8, 4) is 11.1 Å². The molecule has 1 aliphatic heterocycles. The molecule has 6 aromatic carbocycles. The molecule has 4 N–H and O–H groups in total. The normalized spacial score (nSPS) is 15.3. The Bertz CT molecular complexity index is 2100. The molecule has 0 amide bonds. The minimum atomic E-state index is 0.154. The third-order valence-corrected chi connectivity index (χ3v) is 8.95. The Kier molecular flexibility index (Phi) is 12.2. The highest BCUT2D eigenvalue weighted by molar-refractivity contribution is 6.05. The van der Waals surface area contributed by atoms with Crippen LogP contribution in [0.25, 0.3) is 34.4 Å². The van der Waals surface area contributed by atoms with Crippen LogP contribution in [-0.4, -0.2) is 0 Å². The summed E-state index contributed by atoms with van der Waals surface area (Å²) in [6, 6.07) is 54.3. The second-order valence-corrected chi connectivity index (χ2v) is 12.7. The number of aryl methyl sites for hydroxylation is 1. The van der Waals surface area contributed by atoms with E-state index >= 15 is 0 Å². The summed E-state index contributed by atoms with van der Waals surface area (Å²) in [5.41, 5.74) is 19.9. The number of benzene rings is 6. The SMILES string of the molecule is C=C(C(=C)c1ccccc1/C=C\Nc1cc(C)cc(-c2ccccc2)c1)c1ccccc1/C=C\C.c1ccc(C2NNC(c3ccccc3)N2)cc1. The minimum absolute atomic E-state index is 0.154. The smallest absolute Gasteiger partial charge is 0.0978 e. The van der Waals surface area contributed by atoms with Crippen LogP contribution in [0.2, 0.25) is 0 Å². The van der Waals surface area contributed by atoms with E-state index in [1.807, 2.05) is 61.7 Å². The van der Waals surface area contributed by atoms with Gasteiger partial charge in [-0.15, -0.1) is 0 Å². The van der Waals surface area contributed by atoms with Crippen LogP contribution in [-0.2, 0) is 0 Å². The standard InChI is InChI=1S/C34H31N.C14H15N3/c1-5-13-29-16-9-11-18-33(29)26(3)27(4)34-19-12-10-17-30(34)20-21-35-32-23-25(2)22-31(24-32)28-14-7-6-8-15-28;1-3-7-11(8-4-1)13-15-14(17-16-13)12-9-5-2-6-10-12/h5-24,35H,3-4H2,1-2H3;1-10,13-17H/b13-5-,21-20-;. The van der Waals surface area contributed by atoms with E-state index in [9.17, 15) is 0 Å². The van der Waals surface area contributed by atoms with Crippen molar-refractivity contribution < 1.29 is 0 Å². The van der Waals surface area contributed by atoms with Gasteiger partial charge in [0.1, 0.15) is 0 Å². The molecule has 258 valence electrons. The lowest BCUT2D eigenvalue weighted by Crippen LogP contribution is -2.26. The van der Waals surface area contributed by atoms with Crippen molar-refractivity contribution >= 4 is 29.0 Å². The fourth-order valence-corrected chi connectivity index (χ4v) is 6.30. The summed E-state index contributed by atoms with van der Waals surface area (Å²) in [7, 11) is 0. The Morgan fingerprint density at radius 3 is 1.58 bits per heavy atom. The summed E-state index contributed by atoms with van der Waals surface area (Å²) in [5.74, 6) is 0. The average molecular weight is 679 g/mol. The van der Waals surface area contributed by atoms with Gasteiger partial charge in [0.2, 0.25) is 0 Å². The predicted octanol–water partition coefficient (Wildman–Crippen LogP) is 11.6. The Labute approximate surface area is 309 Å². The Hall–Kier alpha value is -6.04. The molecule has 7 rings (SSSR count). The van der Waals surface area contributed by atoms with Crippen LogP contribution in [0.15, 0.2) is 183 Å². The van der Waals surface area contributed by atoms with Crippen LogP contribution in [0.4, 0.5) is 5.69 Å². The first-order valence-corrected chi connectivity index (χ1v) is 17.7. The van der Waals surface area contributed by atoms with Crippen LogP contribution in [0, 0.1) is 6.92 Å². The summed E-state index contributed by atoms with van der Waals surface area (Å²) < 4.78 is 0. The van der Waals surface area contributed by atoms with Gasteiger partial charge in [-0.3, -0.25) is 5.32 Å². The summed E-state index contributed by atoms with van der Waals surface area (Å²) >= 11 is 0. The lowest BCUT2D eigenvalue weighted by atomic mass is 9.89. The van der Waals surface area contributed by atoms with Crippen LogP contribution >= 0.6 is 0 Å². The monoisotopic (exact) mass is 678 g/mol. The number of nitrogens with one attached hydrogen (secondary N) is 4. The Morgan fingerprint density at radius 2 is 1.04 bits per heavy atom. The van der Waals surface area contributed by atoms with E-state index in [0.717, 1.165) is 39.1 Å². The van der Waals surface area contributed by atoms with E-state index in [-0.39, 0.29) is 12.3 Å². The van der Waals surface area contributed by atoms with Crippen molar-refractivity contribution in [3.05, 3.63) is 222 Å². The van der Waals surface area contributed by atoms with Gasteiger partial charge in [-0.25, -0.2) is 10.9 Å². The quantitative estimate of drug-likeness (QED) is 0.109. The van der Waals surface area contributed by atoms with Gasteiger partial charge in [0.05, 0.1) is 12.3 Å². The van der Waals surface area contributed by atoms with E-state index in [4.69, 9.17) is 0 Å². The molecule has 1 fully saturated rings. The lowest BCUT2D eigenvalue weighted by Gasteiger charge is -2.15. The Balaban J connectivity index is 0.000000226. The first-order valence-electron chi connectivity index (χ1n) is 17.7. The first kappa shape index (κ1) is 35.8. The minimum Gasteiger partial charge on any atom is -0.362 e. The van der Waals surface area contributed by atoms with Crippen LogP contribution in [0.3, 0.4) is 0 Å². The average Bonchev–Trinajstić information content (AvgIpc) is 3.70. The number of rotatable bonds is 10. The zero-order chi connectivity index (χ0) is 36.1. The number of allylic oxidation sites excluding steroid dienone is 3. The number of anilines is 1. The van der Waals surface area contributed by atoms with Crippen molar-refractivity contribution in [2.24, 2.45) is 0 Å². The topological polar surface area (TPSA) is 48.1 Å². The summed E-state index contributed by atoms with van der Waals surface area (Å²) in [6.07, 6.45) is 8.55. The fourth-order valence-electron chi connectivity index (χ4n) is 6.30. The summed E-state index contributed by atoms with van der Waals surface area (Å²) in [6.45, 7) is 12.9. The molecule has 0 radical (unpaired) electrons. The van der Waals surface area contributed by atoms with E-state index in [1.165, 1.54) is 27.8 Å². The molecule has 1 heterocycles. The zero-order valence-corrected chi connectivity index (χ0v) is 29.9. The molecule has 52 heavy (non-hydrogen) atoms. The molecule has 2 atom stereocenters. The van der Waals surface area contributed by atoms with E-state index in [2.05, 4.69) is 169 Å². The molecule has 0 aliphatic carbocycles. The van der Waals surface area contributed by atoms with Gasteiger partial charge in [0.15, 0.2) is 0 Å². The van der Waals surface area contributed by atoms with Crippen LogP contribution in [0.5, 0.6) is 0 Å². The van der Waals surface area contributed by atoms with Gasteiger partial charge in [-0.05, 0) is 93.3 Å². The molecular weight excluding hydrogens is 633 g/mol. The maximum atomic E-state index is 4.41. The Morgan fingerprint density at radius 1 is 0.558 bits per heavy atom. The molecule has 2 unspecified atom stereocenters. The van der Waals surface area contributed by atoms with Gasteiger partial charge in [-0.2, -0.15) is 0 Å². The largest absolute Gasteiger partial charge is 0.362 e. The van der Waals surface area contributed by atoms with Gasteiger partial charge in [0.25, 0.3) is 0 Å². The molecular formula is C48H46N4. The second kappa shape index (κ2) is 17.8. The predicted molar refractivity (Wildman–Crippen MR) is 223 cm³/mol. The molecule has 0 saturated carbocycles. The van der Waals surface area contributed by atoms with E-state index < -0.39 is 0 Å². The fraction of sp³-hybridized carbons (Fsp3) is 0.0833. The van der Waals surface area contributed by atoms with Gasteiger partial charge < -0.3 is 5.32 Å². The highest BCUT2D eigenvalue weighted by Gasteiger charge is 2.24. The second-order valence-electron chi connectivity index (χ2n) is 12.7. The molecule has 0 bridgehead atoms. The van der Waals surface area contributed by atoms with Crippen LogP contribution in [0.1, 0.15) is 58.2 Å². The molecule has 1 saturated heterocycles. The highest BCUT2D eigenvalue weighted by atomic mass is 15.5. The highest BCUT2D eigenvalue weighted by Crippen LogP contribution is 2.33. The molecule has 0 spiro atoms. The van der Waals surface area contributed by atoms with Gasteiger partial charge in [-0.1, -0.05) is 171 Å². The number of hydrogen-bond donors (Lipinski definition) is 4. The molecule has 4 nitrogen and oxygen atoms in total. The number of hydrazine groups is 1. The maximum absolute atomic E-state index is 4.41. The van der Waals surface area contributed by atoms with Crippen molar-refractivity contribution in [2.45, 2.75) is 26.2 Å². The van der Waals surface area contributed by atoms with E-state index in [1.54, 1.807) is 0 Å². The van der Waals surface area contributed by atoms with Crippen molar-refractivity contribution in [1.29, 1.82) is 0 Å². The van der Waals surface area contributed by atoms with Crippen molar-refractivity contribution in [1.82, 2.24) is 16.2 Å². The third-order valence-electron chi connectivity index (χ3n) is 8.95. The molecule has 6 aromatic rings. The van der Waals surface area contributed by atoms with Crippen LogP contribution < -0.4 is 21.5 Å². The maximum Gasteiger partial charge on any atom is 0.0978 e. The summed E-state index contributed by atoms with van der Waals surface area (Å²) in [4.78, 5) is 0. The lowest BCUT2D eigenvalue weighted by molar-refractivity contribution is 0.554. The van der Waals surface area contributed by atoms with E-state index in [0.29, 0.717) is 0 Å². The number of hydrogen-bond acceptors (Lipinski definition) is 4. The van der Waals surface area contributed by atoms with Crippen molar-refractivity contribution in [2.75, 3.05) is 5.32 Å². The van der Waals surface area contributed by atoms with Gasteiger partial charge in [0, 0.05) is 11.9 Å². The zero-order valence-electron chi connectivity index (χ0n) is 29.9. The summed E-state index contributed by atoms with van der Waals surface area (Å²) in [5, 5.41) is 6.96. The molecule has 4 heteroatoms. The van der Waals surface area contributed by atoms with Crippen molar-refractivity contribution in [3.63, 3.8) is 0 Å². The molecule has 0 aromatic heterocycles. The molecule has 1 aliphatic rings. The third kappa shape index (κ3) is 9.19. The van der Waals surface area contributed by atoms with Gasteiger partial charge >= 0.3 is 0 Å². The first-order chi connectivity index (χ1) is 25.5.